The zero-order chi connectivity index (χ0) is 23.0. The highest BCUT2D eigenvalue weighted by Gasteiger charge is 2.49. The highest BCUT2D eigenvalue weighted by molar-refractivity contribution is 5.87. The predicted octanol–water partition coefficient (Wildman–Crippen LogP) is 4.89. The lowest BCUT2D eigenvalue weighted by atomic mass is 9.68. The molecule has 1 atom stereocenters. The second-order valence-electron chi connectivity index (χ2n) is 9.94. The molecule has 1 aliphatic carbocycles. The summed E-state index contributed by atoms with van der Waals surface area (Å²) in [5.74, 6) is 0.662. The van der Waals surface area contributed by atoms with Gasteiger partial charge in [0.15, 0.2) is 0 Å². The van der Waals surface area contributed by atoms with Crippen molar-refractivity contribution in [1.29, 1.82) is 0 Å². The van der Waals surface area contributed by atoms with E-state index in [4.69, 9.17) is 4.74 Å². The van der Waals surface area contributed by atoms with E-state index in [0.29, 0.717) is 12.0 Å². The lowest BCUT2D eigenvalue weighted by Gasteiger charge is -2.51. The number of amides is 1. The van der Waals surface area contributed by atoms with Crippen LogP contribution < -0.4 is 0 Å². The first-order valence-electron chi connectivity index (χ1n) is 12.2. The normalized spacial score (nSPS) is 23.8. The van der Waals surface area contributed by atoms with E-state index in [1.54, 1.807) is 7.11 Å². The molecule has 1 aliphatic heterocycles. The number of nitrogens with one attached hydrogen (secondary N) is 1. The summed E-state index contributed by atoms with van der Waals surface area (Å²) in [6, 6.07) is 19.8. The number of aromatic amines is 1. The molecule has 1 saturated carbocycles. The molecule has 2 heterocycles. The molecule has 1 amide bonds. The second kappa shape index (κ2) is 8.96. The zero-order valence-electron chi connectivity index (χ0n) is 20.0. The van der Waals surface area contributed by atoms with Crippen LogP contribution in [0.1, 0.15) is 48.5 Å². The number of fused-ring (bicyclic) bond motifs is 4. The molecule has 3 aromatic rings. The number of carbonyl (C=O) groups is 1. The molecule has 1 N–H and O–H groups in total. The maximum absolute atomic E-state index is 13.2. The fourth-order valence-electron chi connectivity index (χ4n) is 6.59. The van der Waals surface area contributed by atoms with Crippen molar-refractivity contribution in [3.8, 4) is 0 Å². The van der Waals surface area contributed by atoms with Crippen molar-refractivity contribution in [2.24, 2.45) is 5.92 Å². The van der Waals surface area contributed by atoms with Crippen LogP contribution in [0.15, 0.2) is 54.6 Å². The van der Waals surface area contributed by atoms with Crippen LogP contribution >= 0.6 is 0 Å². The Hall–Kier alpha value is -2.63. The Bertz CT molecular complexity index is 1110. The Labute approximate surface area is 196 Å². The number of hydrogen-bond acceptors (Lipinski definition) is 3. The molecule has 5 rings (SSSR count). The largest absolute Gasteiger partial charge is 0.375 e. The molecule has 33 heavy (non-hydrogen) atoms. The van der Waals surface area contributed by atoms with Gasteiger partial charge in [0.25, 0.3) is 0 Å². The molecular weight excluding hydrogens is 410 g/mol. The van der Waals surface area contributed by atoms with Crippen molar-refractivity contribution < 1.29 is 9.53 Å². The van der Waals surface area contributed by atoms with Gasteiger partial charge in [-0.25, -0.2) is 0 Å². The highest BCUT2D eigenvalue weighted by atomic mass is 16.5. The van der Waals surface area contributed by atoms with Crippen LogP contribution in [0.2, 0.25) is 0 Å². The Morgan fingerprint density at radius 2 is 1.82 bits per heavy atom. The van der Waals surface area contributed by atoms with E-state index in [-0.39, 0.29) is 18.1 Å². The van der Waals surface area contributed by atoms with Crippen LogP contribution in [0.5, 0.6) is 0 Å². The van der Waals surface area contributed by atoms with Crippen molar-refractivity contribution in [2.75, 3.05) is 34.4 Å². The van der Waals surface area contributed by atoms with Gasteiger partial charge in [0, 0.05) is 36.3 Å². The maximum atomic E-state index is 13.2. The van der Waals surface area contributed by atoms with Crippen LogP contribution in [0, 0.1) is 5.92 Å². The molecule has 2 aliphatic rings. The van der Waals surface area contributed by atoms with E-state index in [2.05, 4.69) is 83.5 Å². The molecule has 2 aromatic carbocycles. The van der Waals surface area contributed by atoms with E-state index in [1.165, 1.54) is 27.7 Å². The van der Waals surface area contributed by atoms with Gasteiger partial charge in [0.05, 0.1) is 5.54 Å². The number of rotatable bonds is 5. The third-order valence-corrected chi connectivity index (χ3v) is 7.95. The lowest BCUT2D eigenvalue weighted by Crippen LogP contribution is -2.56. The fourth-order valence-corrected chi connectivity index (χ4v) is 6.59. The number of methoxy groups -OCH3 is 1. The molecule has 1 unspecified atom stereocenters. The first-order chi connectivity index (χ1) is 16.0. The minimum atomic E-state index is -0.272. The molecular formula is C28H35N3O2. The number of H-pyrrole nitrogens is 1. The van der Waals surface area contributed by atoms with Gasteiger partial charge in [0.2, 0.25) is 5.91 Å². The SMILES string of the molecule is COCC(=O)N1CCc2c([nH]c3ccccc23)C12CCC(C(c1ccccc1)N(C)C)CC2. The van der Waals surface area contributed by atoms with Gasteiger partial charge >= 0.3 is 0 Å². The van der Waals surface area contributed by atoms with Gasteiger partial charge in [-0.2, -0.15) is 0 Å². The van der Waals surface area contributed by atoms with Gasteiger partial charge in [-0.15, -0.1) is 0 Å². The predicted molar refractivity (Wildman–Crippen MR) is 132 cm³/mol. The molecule has 5 heteroatoms. The van der Waals surface area contributed by atoms with E-state index >= 15 is 0 Å². The van der Waals surface area contributed by atoms with Gasteiger partial charge in [-0.05, 0) is 69.3 Å². The summed E-state index contributed by atoms with van der Waals surface area (Å²) < 4.78 is 5.28. The highest BCUT2D eigenvalue weighted by Crippen LogP contribution is 2.51. The van der Waals surface area contributed by atoms with E-state index in [1.807, 2.05) is 0 Å². The second-order valence-corrected chi connectivity index (χ2v) is 9.94. The topological polar surface area (TPSA) is 48.6 Å². The molecule has 1 aromatic heterocycles. The van der Waals surface area contributed by atoms with Crippen molar-refractivity contribution in [1.82, 2.24) is 14.8 Å². The first-order valence-corrected chi connectivity index (χ1v) is 12.2. The number of nitrogens with zero attached hydrogens (tertiary/aromatic N) is 2. The standard InChI is InChI=1S/C28H35N3O2/c1-30(2)26(20-9-5-4-6-10-20)21-13-16-28(17-14-21)27-23(15-18-31(28)25(32)19-33-3)22-11-7-8-12-24(22)29-27/h4-12,21,26,29H,13-19H2,1-3H3. The van der Waals surface area contributed by atoms with E-state index in [9.17, 15) is 4.79 Å². The molecule has 1 spiro atoms. The summed E-state index contributed by atoms with van der Waals surface area (Å²) in [5.41, 5.74) is 4.95. The van der Waals surface area contributed by atoms with Crippen LogP contribution in [0.4, 0.5) is 0 Å². The number of benzene rings is 2. The first kappa shape index (κ1) is 22.2. The maximum Gasteiger partial charge on any atom is 0.249 e. The number of carbonyl (C=O) groups excluding carboxylic acids is 1. The van der Waals surface area contributed by atoms with Crippen molar-refractivity contribution in [3.05, 3.63) is 71.4 Å². The van der Waals surface area contributed by atoms with Crippen LogP contribution in [-0.2, 0) is 21.5 Å². The Balaban J connectivity index is 1.51. The Kier molecular flexibility index (Phi) is 6.02. The summed E-state index contributed by atoms with van der Waals surface area (Å²) >= 11 is 0. The smallest absolute Gasteiger partial charge is 0.249 e. The van der Waals surface area contributed by atoms with Crippen LogP contribution in [-0.4, -0.2) is 55.0 Å². The molecule has 0 radical (unpaired) electrons. The van der Waals surface area contributed by atoms with Crippen molar-refractivity contribution in [2.45, 2.75) is 43.7 Å². The van der Waals surface area contributed by atoms with Crippen molar-refractivity contribution >= 4 is 16.8 Å². The summed E-state index contributed by atoms with van der Waals surface area (Å²) in [4.78, 5) is 21.5. The van der Waals surface area contributed by atoms with E-state index < -0.39 is 0 Å². The number of para-hydroxylation sites is 1. The average molecular weight is 446 g/mol. The minimum Gasteiger partial charge on any atom is -0.375 e. The molecule has 1 fully saturated rings. The average Bonchev–Trinajstić information content (AvgIpc) is 3.21. The Morgan fingerprint density at radius 1 is 1.12 bits per heavy atom. The Morgan fingerprint density at radius 3 is 2.52 bits per heavy atom. The van der Waals surface area contributed by atoms with Gasteiger partial charge < -0.3 is 19.5 Å². The number of aromatic nitrogens is 1. The number of ether oxygens (including phenoxy) is 1. The molecule has 0 bridgehead atoms. The van der Waals surface area contributed by atoms with Gasteiger partial charge in [0.1, 0.15) is 6.61 Å². The quantitative estimate of drug-likeness (QED) is 0.608. The summed E-state index contributed by atoms with van der Waals surface area (Å²) in [7, 11) is 5.99. The van der Waals surface area contributed by atoms with Gasteiger partial charge in [-0.3, -0.25) is 4.79 Å². The van der Waals surface area contributed by atoms with Crippen LogP contribution in [0.25, 0.3) is 10.9 Å². The molecule has 174 valence electrons. The monoisotopic (exact) mass is 445 g/mol. The number of hydrogen-bond donors (Lipinski definition) is 1. The van der Waals surface area contributed by atoms with Gasteiger partial charge in [-0.1, -0.05) is 48.5 Å². The summed E-state index contributed by atoms with van der Waals surface area (Å²) in [5, 5.41) is 1.31. The lowest BCUT2D eigenvalue weighted by molar-refractivity contribution is -0.146. The van der Waals surface area contributed by atoms with Crippen LogP contribution in [0.3, 0.4) is 0 Å². The molecule has 0 saturated heterocycles. The zero-order valence-corrected chi connectivity index (χ0v) is 20.0. The minimum absolute atomic E-state index is 0.104. The van der Waals surface area contributed by atoms with E-state index in [0.717, 1.165) is 38.6 Å². The summed E-state index contributed by atoms with van der Waals surface area (Å²) in [6.07, 6.45) is 5.02. The van der Waals surface area contributed by atoms with Crippen molar-refractivity contribution in [3.63, 3.8) is 0 Å². The summed E-state index contributed by atoms with van der Waals surface area (Å²) in [6.45, 7) is 0.905. The fraction of sp³-hybridized carbons (Fsp3) is 0.464. The molecule has 5 nitrogen and oxygen atoms in total. The third-order valence-electron chi connectivity index (χ3n) is 7.95. The third kappa shape index (κ3) is 3.77.